The molecule has 1 aliphatic rings. The summed E-state index contributed by atoms with van der Waals surface area (Å²) in [7, 11) is -3.66. The normalized spacial score (nSPS) is 15.8. The highest BCUT2D eigenvalue weighted by Crippen LogP contribution is 2.32. The molecule has 0 aromatic heterocycles. The van der Waals surface area contributed by atoms with Gasteiger partial charge in [0.25, 0.3) is 0 Å². The number of benzene rings is 1. The Hall–Kier alpha value is -1.74. The van der Waals surface area contributed by atoms with Gasteiger partial charge in [-0.15, -0.1) is 0 Å². The minimum Gasteiger partial charge on any atom is -0.327 e. The Balaban J connectivity index is 2.18. The maximum absolute atomic E-state index is 12.7. The predicted octanol–water partition coefficient (Wildman–Crippen LogP) is 2.11. The molecular formula is C12H14F3N3O2S. The lowest BCUT2D eigenvalue weighted by Crippen LogP contribution is -2.39. The number of hydrogen-bond donors (Lipinski definition) is 1. The van der Waals surface area contributed by atoms with Crippen LogP contribution in [-0.2, 0) is 16.4 Å². The molecule has 0 amide bonds. The van der Waals surface area contributed by atoms with Crippen molar-refractivity contribution >= 4 is 15.9 Å². The van der Waals surface area contributed by atoms with Crippen LogP contribution < -0.4 is 9.62 Å². The van der Waals surface area contributed by atoms with Crippen LogP contribution >= 0.6 is 0 Å². The molecule has 116 valence electrons. The molecule has 1 aliphatic heterocycles. The number of hydrogen-bond acceptors (Lipinski definition) is 3. The number of alkyl halides is 3. The van der Waals surface area contributed by atoms with Crippen molar-refractivity contribution in [2.24, 2.45) is 0 Å². The number of anilines is 1. The van der Waals surface area contributed by atoms with Gasteiger partial charge in [0, 0.05) is 24.6 Å². The van der Waals surface area contributed by atoms with Crippen molar-refractivity contribution in [2.75, 3.05) is 18.1 Å². The van der Waals surface area contributed by atoms with Gasteiger partial charge < -0.3 is 4.90 Å². The van der Waals surface area contributed by atoms with E-state index < -0.39 is 21.9 Å². The SMILES string of the molecule is CCNS(=O)(=O)N1C=CN(c2cccc(C(F)(F)F)c2)C1. The predicted molar refractivity (Wildman–Crippen MR) is 72.4 cm³/mol. The van der Waals surface area contributed by atoms with E-state index in [0.717, 1.165) is 16.4 Å². The number of rotatable bonds is 4. The van der Waals surface area contributed by atoms with Crippen molar-refractivity contribution in [3.05, 3.63) is 42.2 Å². The van der Waals surface area contributed by atoms with Crippen molar-refractivity contribution in [1.29, 1.82) is 0 Å². The summed E-state index contributed by atoms with van der Waals surface area (Å²) < 4.78 is 64.9. The first-order valence-corrected chi connectivity index (χ1v) is 7.56. The van der Waals surface area contributed by atoms with E-state index in [0.29, 0.717) is 0 Å². The Morgan fingerprint density at radius 1 is 1.29 bits per heavy atom. The summed E-state index contributed by atoms with van der Waals surface area (Å²) >= 11 is 0. The van der Waals surface area contributed by atoms with E-state index in [1.807, 2.05) is 0 Å². The average molecular weight is 321 g/mol. The average Bonchev–Trinajstić information content (AvgIpc) is 2.88. The second-order valence-electron chi connectivity index (χ2n) is 4.35. The van der Waals surface area contributed by atoms with Crippen LogP contribution in [0.4, 0.5) is 18.9 Å². The molecule has 0 bridgehead atoms. The second kappa shape index (κ2) is 5.57. The van der Waals surface area contributed by atoms with Gasteiger partial charge in [-0.05, 0) is 18.2 Å². The summed E-state index contributed by atoms with van der Waals surface area (Å²) in [5.41, 5.74) is -0.503. The molecule has 1 aromatic rings. The fourth-order valence-corrected chi connectivity index (χ4v) is 2.87. The highest BCUT2D eigenvalue weighted by Gasteiger charge is 2.31. The smallest absolute Gasteiger partial charge is 0.327 e. The highest BCUT2D eigenvalue weighted by atomic mass is 32.2. The van der Waals surface area contributed by atoms with Gasteiger partial charge in [-0.3, -0.25) is 0 Å². The van der Waals surface area contributed by atoms with Crippen LogP contribution in [0.1, 0.15) is 12.5 Å². The third-order valence-corrected chi connectivity index (χ3v) is 4.35. The third-order valence-electron chi connectivity index (χ3n) is 2.85. The van der Waals surface area contributed by atoms with E-state index in [2.05, 4.69) is 4.72 Å². The summed E-state index contributed by atoms with van der Waals surface area (Å²) in [6.07, 6.45) is -1.71. The number of nitrogens with one attached hydrogen (secondary N) is 1. The zero-order valence-corrected chi connectivity index (χ0v) is 11.9. The van der Waals surface area contributed by atoms with Crippen LogP contribution in [-0.4, -0.2) is 25.9 Å². The van der Waals surface area contributed by atoms with E-state index in [4.69, 9.17) is 0 Å². The molecule has 2 rings (SSSR count). The second-order valence-corrected chi connectivity index (χ2v) is 6.06. The number of nitrogens with zero attached hydrogens (tertiary/aromatic N) is 2. The lowest BCUT2D eigenvalue weighted by Gasteiger charge is -2.21. The molecule has 0 spiro atoms. The van der Waals surface area contributed by atoms with Crippen LogP contribution in [0.3, 0.4) is 0 Å². The molecule has 9 heteroatoms. The third kappa shape index (κ3) is 3.48. The Bertz CT molecular complexity index is 643. The minimum atomic E-state index is -4.44. The fraction of sp³-hybridized carbons (Fsp3) is 0.333. The van der Waals surface area contributed by atoms with Crippen molar-refractivity contribution in [1.82, 2.24) is 9.03 Å². The zero-order valence-electron chi connectivity index (χ0n) is 11.1. The summed E-state index contributed by atoms with van der Waals surface area (Å²) in [6, 6.07) is 4.72. The molecule has 21 heavy (non-hydrogen) atoms. The molecule has 1 heterocycles. The monoisotopic (exact) mass is 321 g/mol. The molecule has 0 saturated carbocycles. The molecule has 1 N–H and O–H groups in total. The van der Waals surface area contributed by atoms with Crippen LogP contribution in [0.2, 0.25) is 0 Å². The molecule has 0 unspecified atom stereocenters. The highest BCUT2D eigenvalue weighted by molar-refractivity contribution is 7.87. The van der Waals surface area contributed by atoms with Gasteiger partial charge in [0.1, 0.15) is 6.67 Å². The molecular weight excluding hydrogens is 307 g/mol. The summed E-state index contributed by atoms with van der Waals surface area (Å²) in [5, 5.41) is 0. The number of halogens is 3. The van der Waals surface area contributed by atoms with E-state index in [1.165, 1.54) is 29.4 Å². The van der Waals surface area contributed by atoms with E-state index >= 15 is 0 Å². The van der Waals surface area contributed by atoms with Crippen molar-refractivity contribution in [3.8, 4) is 0 Å². The summed E-state index contributed by atoms with van der Waals surface area (Å²) in [5.74, 6) is 0. The molecule has 0 atom stereocenters. The maximum Gasteiger partial charge on any atom is 0.416 e. The van der Waals surface area contributed by atoms with Gasteiger partial charge in [-0.2, -0.15) is 26.3 Å². The molecule has 0 fully saturated rings. The molecule has 0 radical (unpaired) electrons. The largest absolute Gasteiger partial charge is 0.416 e. The fourth-order valence-electron chi connectivity index (χ4n) is 1.85. The van der Waals surface area contributed by atoms with E-state index in [9.17, 15) is 21.6 Å². The van der Waals surface area contributed by atoms with E-state index in [1.54, 1.807) is 6.92 Å². The Morgan fingerprint density at radius 3 is 2.62 bits per heavy atom. The van der Waals surface area contributed by atoms with Gasteiger partial charge in [0.15, 0.2) is 0 Å². The van der Waals surface area contributed by atoms with Crippen molar-refractivity contribution in [3.63, 3.8) is 0 Å². The van der Waals surface area contributed by atoms with Gasteiger partial charge in [-0.1, -0.05) is 13.0 Å². The molecule has 5 nitrogen and oxygen atoms in total. The van der Waals surface area contributed by atoms with Gasteiger partial charge in [0.05, 0.1) is 5.56 Å². The molecule has 1 aromatic carbocycles. The Labute approximate surface area is 120 Å². The first kappa shape index (κ1) is 15.6. The maximum atomic E-state index is 12.7. The Morgan fingerprint density at radius 2 is 2.00 bits per heavy atom. The molecule has 0 saturated heterocycles. The zero-order chi connectivity index (χ0) is 15.7. The summed E-state index contributed by atoms with van der Waals surface area (Å²) in [6.45, 7) is 1.80. The van der Waals surface area contributed by atoms with Crippen molar-refractivity contribution in [2.45, 2.75) is 13.1 Å². The summed E-state index contributed by atoms with van der Waals surface area (Å²) in [4.78, 5) is 1.42. The quantitative estimate of drug-likeness (QED) is 0.924. The first-order chi connectivity index (χ1) is 9.74. The van der Waals surface area contributed by atoms with Gasteiger partial charge in [-0.25, -0.2) is 4.31 Å². The van der Waals surface area contributed by atoms with Crippen LogP contribution in [0.5, 0.6) is 0 Å². The lowest BCUT2D eigenvalue weighted by atomic mass is 10.2. The van der Waals surface area contributed by atoms with Crippen LogP contribution in [0.15, 0.2) is 36.7 Å². The van der Waals surface area contributed by atoms with Crippen molar-refractivity contribution < 1.29 is 21.6 Å². The van der Waals surface area contributed by atoms with Gasteiger partial charge >= 0.3 is 16.4 Å². The molecule has 0 aliphatic carbocycles. The standard InChI is InChI=1S/C12H14F3N3O2S/c1-2-16-21(19,20)18-7-6-17(9-18)11-5-3-4-10(8-11)12(13,14)15/h3-8,16H,2,9H2,1H3. The van der Waals surface area contributed by atoms with E-state index in [-0.39, 0.29) is 18.9 Å². The first-order valence-electron chi connectivity index (χ1n) is 6.12. The van der Waals surface area contributed by atoms with Crippen LogP contribution in [0, 0.1) is 0 Å². The topological polar surface area (TPSA) is 52.7 Å². The Kier molecular flexibility index (Phi) is 4.15. The minimum absolute atomic E-state index is 0.0728. The lowest BCUT2D eigenvalue weighted by molar-refractivity contribution is -0.137. The van der Waals surface area contributed by atoms with Gasteiger partial charge in [0.2, 0.25) is 0 Å². The van der Waals surface area contributed by atoms with Crippen LogP contribution in [0.25, 0.3) is 0 Å².